The smallest absolute Gasteiger partial charge is 0.263 e. The summed E-state index contributed by atoms with van der Waals surface area (Å²) in [5, 5.41) is 0. The normalized spacial score (nSPS) is 11.7. The minimum absolute atomic E-state index is 0.0882. The molecule has 1 aromatic carbocycles. The first-order valence-electron chi connectivity index (χ1n) is 3.65. The third-order valence-electron chi connectivity index (χ3n) is 1.37. The largest absolute Gasteiger partial charge is 0.284 e. The van der Waals surface area contributed by atoms with Gasteiger partial charge in [0.05, 0.1) is 6.26 Å². The Hall–Kier alpha value is -1.17. The van der Waals surface area contributed by atoms with Gasteiger partial charge in [-0.3, -0.25) is 4.72 Å². The maximum absolute atomic E-state index is 12.2. The van der Waals surface area contributed by atoms with E-state index in [0.717, 1.165) is 18.4 Å². The monoisotopic (exact) mass is 220 g/mol. The summed E-state index contributed by atoms with van der Waals surface area (Å²) >= 11 is 0. The zero-order valence-corrected chi connectivity index (χ0v) is 8.11. The van der Waals surface area contributed by atoms with Crippen LogP contribution in [0.2, 0.25) is 0 Å². The lowest BCUT2D eigenvalue weighted by atomic mass is 10.2. The minimum Gasteiger partial charge on any atom is -0.284 e. The van der Waals surface area contributed by atoms with Crippen molar-refractivity contribution in [1.29, 1.82) is 0 Å². The van der Waals surface area contributed by atoms with E-state index in [2.05, 4.69) is 10.8 Å². The van der Waals surface area contributed by atoms with Crippen molar-refractivity contribution in [3.63, 3.8) is 0 Å². The number of anilines is 1. The lowest BCUT2D eigenvalue weighted by Gasteiger charge is -2.05. The zero-order chi connectivity index (χ0) is 10.8. The number of hydrogen-bond acceptors (Lipinski definition) is 2. The van der Waals surface area contributed by atoms with Gasteiger partial charge in [-0.15, -0.1) is 0 Å². The summed E-state index contributed by atoms with van der Waals surface area (Å²) in [6.07, 6.45) is -1.69. The molecule has 0 spiro atoms. The maximum Gasteiger partial charge on any atom is 0.263 e. The second kappa shape index (κ2) is 3.91. The Kier molecular flexibility index (Phi) is 3.05. The molecule has 0 saturated heterocycles. The van der Waals surface area contributed by atoms with Crippen molar-refractivity contribution in [3.8, 4) is 0 Å². The highest BCUT2D eigenvalue weighted by Gasteiger charge is 2.08. The van der Waals surface area contributed by atoms with Crippen molar-refractivity contribution in [1.82, 2.24) is 0 Å². The molecule has 77 valence electrons. The fraction of sp³-hybridized carbons (Fsp3) is 0.250. The Morgan fingerprint density at radius 2 is 2.07 bits per heavy atom. The average Bonchev–Trinajstić information content (AvgIpc) is 2.01. The molecule has 1 radical (unpaired) electrons. The number of benzene rings is 1. The third-order valence-corrected chi connectivity index (χ3v) is 1.97. The molecule has 0 aromatic heterocycles. The van der Waals surface area contributed by atoms with Crippen LogP contribution < -0.4 is 4.72 Å². The van der Waals surface area contributed by atoms with Crippen molar-refractivity contribution in [2.45, 2.75) is 6.43 Å². The molecule has 0 aliphatic carbocycles. The highest BCUT2D eigenvalue weighted by molar-refractivity contribution is 7.92. The van der Waals surface area contributed by atoms with Crippen molar-refractivity contribution in [2.75, 3.05) is 11.0 Å². The van der Waals surface area contributed by atoms with Crippen LogP contribution >= 0.6 is 0 Å². The van der Waals surface area contributed by atoms with E-state index >= 15 is 0 Å². The van der Waals surface area contributed by atoms with E-state index in [9.17, 15) is 17.2 Å². The van der Waals surface area contributed by atoms with E-state index in [1.807, 2.05) is 0 Å². The van der Waals surface area contributed by atoms with Gasteiger partial charge in [0.15, 0.2) is 0 Å². The molecule has 0 aliphatic heterocycles. The molecule has 1 rings (SSSR count). The molecule has 14 heavy (non-hydrogen) atoms. The predicted molar refractivity (Wildman–Crippen MR) is 48.7 cm³/mol. The predicted octanol–water partition coefficient (Wildman–Crippen LogP) is 1.80. The first-order valence-corrected chi connectivity index (χ1v) is 5.54. The fourth-order valence-corrected chi connectivity index (χ4v) is 1.44. The minimum atomic E-state index is -3.43. The van der Waals surface area contributed by atoms with Crippen LogP contribution in [0.4, 0.5) is 14.5 Å². The molecule has 0 saturated carbocycles. The van der Waals surface area contributed by atoms with Crippen molar-refractivity contribution < 1.29 is 17.2 Å². The van der Waals surface area contributed by atoms with E-state index in [-0.39, 0.29) is 11.3 Å². The number of halogens is 2. The van der Waals surface area contributed by atoms with Crippen molar-refractivity contribution in [2.24, 2.45) is 0 Å². The summed E-state index contributed by atoms with van der Waals surface area (Å²) in [7, 11) is -3.43. The summed E-state index contributed by atoms with van der Waals surface area (Å²) in [6.45, 7) is 0. The highest BCUT2D eigenvalue weighted by atomic mass is 32.2. The van der Waals surface area contributed by atoms with Gasteiger partial charge in [0.1, 0.15) is 0 Å². The zero-order valence-electron chi connectivity index (χ0n) is 7.29. The molecule has 1 aromatic rings. The SMILES string of the molecule is CS(=O)(=O)Nc1c[c]cc(C(F)F)c1. The van der Waals surface area contributed by atoms with Gasteiger partial charge in [-0.25, -0.2) is 17.2 Å². The summed E-state index contributed by atoms with van der Waals surface area (Å²) in [4.78, 5) is 0. The summed E-state index contributed by atoms with van der Waals surface area (Å²) < 4.78 is 48.0. The van der Waals surface area contributed by atoms with E-state index < -0.39 is 16.4 Å². The maximum atomic E-state index is 12.2. The van der Waals surface area contributed by atoms with Crippen LogP contribution in [0.25, 0.3) is 0 Å². The topological polar surface area (TPSA) is 46.2 Å². The fourth-order valence-electron chi connectivity index (χ4n) is 0.890. The van der Waals surface area contributed by atoms with Gasteiger partial charge in [0.25, 0.3) is 6.43 Å². The first-order chi connectivity index (χ1) is 6.38. The molecule has 0 atom stereocenters. The van der Waals surface area contributed by atoms with Gasteiger partial charge < -0.3 is 0 Å². The Bertz CT molecular complexity index is 417. The summed E-state index contributed by atoms with van der Waals surface area (Å²) in [6, 6.07) is 5.89. The van der Waals surface area contributed by atoms with Gasteiger partial charge >= 0.3 is 0 Å². The number of sulfonamides is 1. The van der Waals surface area contributed by atoms with E-state index in [1.165, 1.54) is 6.07 Å². The highest BCUT2D eigenvalue weighted by Crippen LogP contribution is 2.21. The van der Waals surface area contributed by atoms with E-state index in [0.29, 0.717) is 0 Å². The molecule has 0 heterocycles. The van der Waals surface area contributed by atoms with Crippen LogP contribution in [0.5, 0.6) is 0 Å². The molecular weight excluding hydrogens is 212 g/mol. The van der Waals surface area contributed by atoms with Gasteiger partial charge in [-0.05, 0) is 24.3 Å². The van der Waals surface area contributed by atoms with E-state index in [1.54, 1.807) is 0 Å². The number of hydrogen-bond donors (Lipinski definition) is 1. The second-order valence-electron chi connectivity index (χ2n) is 2.73. The molecule has 3 nitrogen and oxygen atoms in total. The van der Waals surface area contributed by atoms with Crippen molar-refractivity contribution >= 4 is 15.7 Å². The molecule has 1 N–H and O–H groups in total. The molecule has 0 aliphatic rings. The summed E-state index contributed by atoms with van der Waals surface area (Å²) in [5.41, 5.74) is -0.177. The van der Waals surface area contributed by atoms with Crippen LogP contribution in [0, 0.1) is 6.07 Å². The molecule has 0 unspecified atom stereocenters. The number of rotatable bonds is 3. The van der Waals surface area contributed by atoms with Crippen LogP contribution in [-0.4, -0.2) is 14.7 Å². The average molecular weight is 220 g/mol. The molecular formula is C8H8F2NO2S. The lowest BCUT2D eigenvalue weighted by Crippen LogP contribution is -2.09. The van der Waals surface area contributed by atoms with Gasteiger partial charge in [0.2, 0.25) is 10.0 Å². The lowest BCUT2D eigenvalue weighted by molar-refractivity contribution is 0.151. The van der Waals surface area contributed by atoms with Gasteiger partial charge in [-0.1, -0.05) is 0 Å². The second-order valence-corrected chi connectivity index (χ2v) is 4.48. The molecule has 6 heteroatoms. The van der Waals surface area contributed by atoms with Crippen LogP contribution in [0.1, 0.15) is 12.0 Å². The Morgan fingerprint density at radius 1 is 1.43 bits per heavy atom. The number of nitrogens with one attached hydrogen (secondary N) is 1. The molecule has 0 bridgehead atoms. The van der Waals surface area contributed by atoms with Crippen LogP contribution in [0.3, 0.4) is 0 Å². The van der Waals surface area contributed by atoms with Gasteiger partial charge in [0, 0.05) is 11.3 Å². The molecule has 0 amide bonds. The van der Waals surface area contributed by atoms with Crippen LogP contribution in [-0.2, 0) is 10.0 Å². The Labute approximate surface area is 80.8 Å². The quantitative estimate of drug-likeness (QED) is 0.844. The Balaban J connectivity index is 2.95. The standard InChI is InChI=1S/C8H8F2NO2S/c1-14(12,13)11-7-4-2-3-6(5-7)8(9)10/h3-5,8,11H,1H3. The van der Waals surface area contributed by atoms with Crippen LogP contribution in [0.15, 0.2) is 18.2 Å². The third kappa shape index (κ3) is 3.29. The Morgan fingerprint density at radius 3 is 2.57 bits per heavy atom. The summed E-state index contributed by atoms with van der Waals surface area (Å²) in [5.74, 6) is 0. The number of alkyl halides is 2. The molecule has 0 fully saturated rings. The van der Waals surface area contributed by atoms with Crippen molar-refractivity contribution in [3.05, 3.63) is 29.8 Å². The first kappa shape index (κ1) is 10.9. The van der Waals surface area contributed by atoms with E-state index in [4.69, 9.17) is 0 Å². The van der Waals surface area contributed by atoms with Gasteiger partial charge in [-0.2, -0.15) is 0 Å².